The Hall–Kier alpha value is -2.52. The van der Waals surface area contributed by atoms with Gasteiger partial charge in [0, 0.05) is 25.9 Å². The van der Waals surface area contributed by atoms with E-state index in [0.717, 1.165) is 20.9 Å². The lowest BCUT2D eigenvalue weighted by Gasteiger charge is -2.24. The van der Waals surface area contributed by atoms with Crippen LogP contribution in [0, 0.1) is 0 Å². The molecule has 9 heteroatoms. The van der Waals surface area contributed by atoms with Crippen molar-refractivity contribution in [1.29, 1.82) is 0 Å². The van der Waals surface area contributed by atoms with Gasteiger partial charge < -0.3 is 9.64 Å². The molecule has 2 heterocycles. The number of carbonyl (C=O) groups is 3. The van der Waals surface area contributed by atoms with Crippen LogP contribution in [0.15, 0.2) is 18.2 Å². The maximum absolute atomic E-state index is 12.9. The van der Waals surface area contributed by atoms with Gasteiger partial charge in [0.05, 0.1) is 17.3 Å². The second-order valence-electron chi connectivity index (χ2n) is 6.55. The Balaban J connectivity index is 1.87. The third-order valence-corrected chi connectivity index (χ3v) is 5.38. The fraction of sp³-hybridized carbons (Fsp3) is 0.444. The van der Waals surface area contributed by atoms with Crippen LogP contribution >= 0.6 is 11.3 Å². The molecule has 1 saturated heterocycles. The number of carbonyl (C=O) groups excluding carboxylic acids is 3. The average molecular weight is 390 g/mol. The van der Waals surface area contributed by atoms with E-state index >= 15 is 0 Å². The van der Waals surface area contributed by atoms with E-state index in [2.05, 4.69) is 4.98 Å². The molecule has 0 unspecified atom stereocenters. The minimum Gasteiger partial charge on any atom is -0.497 e. The zero-order chi connectivity index (χ0) is 19.6. The third kappa shape index (κ3) is 4.25. The van der Waals surface area contributed by atoms with Crippen LogP contribution in [-0.4, -0.2) is 73.3 Å². The average Bonchev–Trinajstić information content (AvgIpc) is 3.19. The molecule has 1 aliphatic rings. The molecule has 3 rings (SSSR count). The number of hydrogen-bond donors (Lipinski definition) is 0. The topological polar surface area (TPSA) is 83.1 Å². The van der Waals surface area contributed by atoms with Crippen LogP contribution < -0.4 is 9.64 Å². The van der Waals surface area contributed by atoms with Crippen LogP contribution in [0.4, 0.5) is 5.13 Å². The molecule has 27 heavy (non-hydrogen) atoms. The summed E-state index contributed by atoms with van der Waals surface area (Å²) in [5.74, 6) is -0.187. The predicted molar refractivity (Wildman–Crippen MR) is 103 cm³/mol. The number of fused-ring (bicyclic) bond motifs is 1. The Morgan fingerprint density at radius 2 is 1.93 bits per heavy atom. The molecule has 1 aromatic carbocycles. The van der Waals surface area contributed by atoms with Crippen molar-refractivity contribution in [3.8, 4) is 5.75 Å². The second kappa shape index (κ2) is 8.01. The Morgan fingerprint density at radius 3 is 2.56 bits per heavy atom. The smallest absolute Gasteiger partial charge is 0.248 e. The van der Waals surface area contributed by atoms with Gasteiger partial charge in [0.1, 0.15) is 12.3 Å². The van der Waals surface area contributed by atoms with E-state index in [0.29, 0.717) is 18.2 Å². The highest BCUT2D eigenvalue weighted by atomic mass is 32.1. The number of methoxy groups -OCH3 is 1. The summed E-state index contributed by atoms with van der Waals surface area (Å²) >= 11 is 1.38. The summed E-state index contributed by atoms with van der Waals surface area (Å²) in [6.07, 6.45) is 0.343. The molecule has 0 radical (unpaired) electrons. The van der Waals surface area contributed by atoms with E-state index < -0.39 is 0 Å². The first-order chi connectivity index (χ1) is 12.9. The molecule has 0 aliphatic carbocycles. The lowest BCUT2D eigenvalue weighted by atomic mass is 10.3. The molecule has 2 aromatic rings. The summed E-state index contributed by atoms with van der Waals surface area (Å²) in [5, 5.41) is 0.546. The standard InChI is InChI=1S/C18H22N4O4S/c1-20(2)8-9-21(17(25)11-22-15(23)6-7-16(22)24)18-19-13-5-4-12(26-3)10-14(13)27-18/h4-5,10H,6-9,11H2,1-3H3. The molecule has 1 fully saturated rings. The van der Waals surface area contributed by atoms with Gasteiger partial charge in [0.2, 0.25) is 17.7 Å². The highest BCUT2D eigenvalue weighted by Gasteiger charge is 2.32. The maximum atomic E-state index is 12.9. The summed E-state index contributed by atoms with van der Waals surface area (Å²) in [4.78, 5) is 45.7. The molecule has 1 aromatic heterocycles. The van der Waals surface area contributed by atoms with Crippen LogP contribution in [-0.2, 0) is 14.4 Å². The van der Waals surface area contributed by atoms with Gasteiger partial charge in [0.15, 0.2) is 5.13 Å². The van der Waals surface area contributed by atoms with Crippen molar-refractivity contribution in [2.75, 3.05) is 45.7 Å². The van der Waals surface area contributed by atoms with Gasteiger partial charge in [-0.25, -0.2) is 4.98 Å². The number of thiazole rings is 1. The number of benzene rings is 1. The predicted octanol–water partition coefficient (Wildman–Crippen LogP) is 1.35. The minimum absolute atomic E-state index is 0.171. The molecule has 0 spiro atoms. The minimum atomic E-state index is -0.313. The number of imide groups is 1. The fourth-order valence-corrected chi connectivity index (χ4v) is 3.82. The zero-order valence-corrected chi connectivity index (χ0v) is 16.4. The summed E-state index contributed by atoms with van der Waals surface area (Å²) in [6.45, 7) is 0.802. The number of rotatable bonds is 7. The van der Waals surface area contributed by atoms with E-state index in [-0.39, 0.29) is 37.1 Å². The molecule has 0 saturated carbocycles. The van der Waals surface area contributed by atoms with Crippen molar-refractivity contribution in [3.63, 3.8) is 0 Å². The SMILES string of the molecule is COc1ccc2nc(N(CCN(C)C)C(=O)CN3C(=O)CCC3=O)sc2c1. The normalized spacial score (nSPS) is 14.4. The largest absolute Gasteiger partial charge is 0.497 e. The Morgan fingerprint density at radius 1 is 1.22 bits per heavy atom. The van der Waals surface area contributed by atoms with Gasteiger partial charge in [0.25, 0.3) is 0 Å². The van der Waals surface area contributed by atoms with Gasteiger partial charge in [-0.15, -0.1) is 0 Å². The van der Waals surface area contributed by atoms with Gasteiger partial charge in [-0.05, 0) is 32.3 Å². The number of likely N-dealkylation sites (tertiary alicyclic amines) is 1. The molecule has 144 valence electrons. The van der Waals surface area contributed by atoms with Crippen molar-refractivity contribution in [1.82, 2.24) is 14.8 Å². The van der Waals surface area contributed by atoms with Crippen molar-refractivity contribution < 1.29 is 19.1 Å². The molecular weight excluding hydrogens is 368 g/mol. The van der Waals surface area contributed by atoms with Crippen LogP contribution in [0.5, 0.6) is 5.75 Å². The van der Waals surface area contributed by atoms with Crippen LogP contribution in [0.25, 0.3) is 10.2 Å². The lowest BCUT2D eigenvalue weighted by molar-refractivity contribution is -0.141. The number of amides is 3. The van der Waals surface area contributed by atoms with E-state index in [1.165, 1.54) is 11.3 Å². The third-order valence-electron chi connectivity index (χ3n) is 4.34. The Kier molecular flexibility index (Phi) is 5.71. The first kappa shape index (κ1) is 19.2. The highest BCUT2D eigenvalue weighted by Crippen LogP contribution is 2.31. The Bertz CT molecular complexity index is 863. The maximum Gasteiger partial charge on any atom is 0.248 e. The van der Waals surface area contributed by atoms with Gasteiger partial charge >= 0.3 is 0 Å². The van der Waals surface area contributed by atoms with E-state index in [1.54, 1.807) is 12.0 Å². The van der Waals surface area contributed by atoms with Gasteiger partial charge in [-0.1, -0.05) is 11.3 Å². The monoisotopic (exact) mass is 390 g/mol. The lowest BCUT2D eigenvalue weighted by Crippen LogP contribution is -2.44. The molecule has 1 aliphatic heterocycles. The van der Waals surface area contributed by atoms with Crippen molar-refractivity contribution in [3.05, 3.63) is 18.2 Å². The van der Waals surface area contributed by atoms with Crippen LogP contribution in [0.2, 0.25) is 0 Å². The molecule has 8 nitrogen and oxygen atoms in total. The first-order valence-corrected chi connectivity index (χ1v) is 9.43. The first-order valence-electron chi connectivity index (χ1n) is 8.62. The number of anilines is 1. The van der Waals surface area contributed by atoms with E-state index in [9.17, 15) is 14.4 Å². The number of ether oxygens (including phenoxy) is 1. The molecule has 3 amide bonds. The van der Waals surface area contributed by atoms with Crippen LogP contribution in [0.3, 0.4) is 0 Å². The van der Waals surface area contributed by atoms with Crippen LogP contribution in [0.1, 0.15) is 12.8 Å². The molecule has 0 atom stereocenters. The number of likely N-dealkylation sites (N-methyl/N-ethyl adjacent to an activating group) is 1. The van der Waals surface area contributed by atoms with Crippen molar-refractivity contribution in [2.45, 2.75) is 12.8 Å². The number of aromatic nitrogens is 1. The molecule has 0 bridgehead atoms. The van der Waals surface area contributed by atoms with E-state index in [4.69, 9.17) is 4.74 Å². The van der Waals surface area contributed by atoms with Gasteiger partial charge in [-0.3, -0.25) is 24.2 Å². The number of nitrogens with zero attached hydrogens (tertiary/aromatic N) is 4. The summed E-state index contributed by atoms with van der Waals surface area (Å²) < 4.78 is 6.14. The van der Waals surface area contributed by atoms with Gasteiger partial charge in [-0.2, -0.15) is 0 Å². The fourth-order valence-electron chi connectivity index (χ4n) is 2.78. The quantitative estimate of drug-likeness (QED) is 0.664. The molecular formula is C18H22N4O4S. The van der Waals surface area contributed by atoms with E-state index in [1.807, 2.05) is 37.2 Å². The highest BCUT2D eigenvalue weighted by molar-refractivity contribution is 7.22. The number of hydrogen-bond acceptors (Lipinski definition) is 7. The summed E-state index contributed by atoms with van der Waals surface area (Å²) in [6, 6.07) is 5.54. The summed E-state index contributed by atoms with van der Waals surface area (Å²) in [5.41, 5.74) is 0.770. The van der Waals surface area contributed by atoms with Crippen molar-refractivity contribution in [2.24, 2.45) is 0 Å². The Labute approximate surface area is 161 Å². The summed E-state index contributed by atoms with van der Waals surface area (Å²) in [7, 11) is 5.43. The zero-order valence-electron chi connectivity index (χ0n) is 15.6. The second-order valence-corrected chi connectivity index (χ2v) is 7.56. The molecule has 0 N–H and O–H groups in total. The van der Waals surface area contributed by atoms with Crippen molar-refractivity contribution >= 4 is 44.4 Å².